The molecule has 18 heavy (non-hydrogen) atoms. The molecular formula is C13H15N3O2. The van der Waals surface area contributed by atoms with E-state index in [1.165, 1.54) is 0 Å². The molecule has 1 fully saturated rings. The van der Waals surface area contributed by atoms with E-state index in [-0.39, 0.29) is 6.03 Å². The maximum atomic E-state index is 11.9. The van der Waals surface area contributed by atoms with Gasteiger partial charge < -0.3 is 15.3 Å². The van der Waals surface area contributed by atoms with E-state index in [2.05, 4.69) is 5.32 Å². The molecule has 0 aliphatic carbocycles. The summed E-state index contributed by atoms with van der Waals surface area (Å²) in [4.78, 5) is 13.5. The van der Waals surface area contributed by atoms with Gasteiger partial charge in [-0.25, -0.2) is 4.79 Å². The Morgan fingerprint density at radius 2 is 2.39 bits per heavy atom. The number of benzene rings is 1. The number of nitrogens with one attached hydrogen (secondary N) is 1. The lowest BCUT2D eigenvalue weighted by Crippen LogP contribution is -2.36. The molecule has 5 nitrogen and oxygen atoms in total. The molecule has 0 radical (unpaired) electrons. The lowest BCUT2D eigenvalue weighted by Gasteiger charge is -2.19. The van der Waals surface area contributed by atoms with E-state index in [0.717, 1.165) is 0 Å². The van der Waals surface area contributed by atoms with Gasteiger partial charge in [0.1, 0.15) is 0 Å². The molecule has 0 bridgehead atoms. The molecule has 1 atom stereocenters. The number of carbonyl (C=O) groups is 1. The van der Waals surface area contributed by atoms with E-state index in [4.69, 9.17) is 5.26 Å². The highest BCUT2D eigenvalue weighted by Gasteiger charge is 2.33. The minimum Gasteiger partial charge on any atom is -0.388 e. The fraction of sp³-hybridized carbons (Fsp3) is 0.385. The SMILES string of the molecule is CC1(O)CCN(C(=O)Nc2cccc(C#N)c2)C1. The molecule has 2 rings (SSSR count). The van der Waals surface area contributed by atoms with Crippen LogP contribution < -0.4 is 5.32 Å². The van der Waals surface area contributed by atoms with Crippen molar-refractivity contribution in [2.45, 2.75) is 18.9 Å². The topological polar surface area (TPSA) is 76.4 Å². The van der Waals surface area contributed by atoms with Gasteiger partial charge in [-0.05, 0) is 31.5 Å². The lowest BCUT2D eigenvalue weighted by molar-refractivity contribution is 0.0727. The summed E-state index contributed by atoms with van der Waals surface area (Å²) < 4.78 is 0. The Bertz CT molecular complexity index is 505. The molecule has 1 unspecified atom stereocenters. The number of hydrogen-bond acceptors (Lipinski definition) is 3. The predicted molar refractivity (Wildman–Crippen MR) is 67.0 cm³/mol. The summed E-state index contributed by atoms with van der Waals surface area (Å²) >= 11 is 0. The monoisotopic (exact) mass is 245 g/mol. The van der Waals surface area contributed by atoms with Crippen LogP contribution in [-0.4, -0.2) is 34.7 Å². The van der Waals surface area contributed by atoms with Gasteiger partial charge in [0.05, 0.1) is 23.8 Å². The van der Waals surface area contributed by atoms with E-state index >= 15 is 0 Å². The van der Waals surface area contributed by atoms with Gasteiger partial charge in [-0.1, -0.05) is 6.07 Å². The van der Waals surface area contributed by atoms with Crippen LogP contribution in [0.3, 0.4) is 0 Å². The fourth-order valence-electron chi connectivity index (χ4n) is 1.99. The van der Waals surface area contributed by atoms with Crippen LogP contribution in [0.25, 0.3) is 0 Å². The quantitative estimate of drug-likeness (QED) is 0.788. The van der Waals surface area contributed by atoms with Crippen molar-refractivity contribution in [1.82, 2.24) is 4.90 Å². The van der Waals surface area contributed by atoms with Crippen molar-refractivity contribution in [3.05, 3.63) is 29.8 Å². The van der Waals surface area contributed by atoms with Gasteiger partial charge in [0.2, 0.25) is 0 Å². The van der Waals surface area contributed by atoms with Crippen LogP contribution in [0.4, 0.5) is 10.5 Å². The van der Waals surface area contributed by atoms with E-state index in [1.807, 2.05) is 6.07 Å². The minimum atomic E-state index is -0.800. The van der Waals surface area contributed by atoms with E-state index in [1.54, 1.807) is 36.1 Å². The summed E-state index contributed by atoms with van der Waals surface area (Å²) in [5.41, 5.74) is 0.290. The molecule has 0 spiro atoms. The summed E-state index contributed by atoms with van der Waals surface area (Å²) in [5, 5.41) is 21.3. The number of aliphatic hydroxyl groups is 1. The van der Waals surface area contributed by atoms with Crippen molar-refractivity contribution < 1.29 is 9.90 Å². The summed E-state index contributed by atoms with van der Waals surface area (Å²) in [5.74, 6) is 0. The number of β-amino-alcohol motifs (C(OH)–C–C–N with tert-alkyl or cyclic N) is 1. The summed E-state index contributed by atoms with van der Waals surface area (Å²) in [6.07, 6.45) is 0.582. The van der Waals surface area contributed by atoms with Crippen LogP contribution >= 0.6 is 0 Å². The highest BCUT2D eigenvalue weighted by atomic mass is 16.3. The Labute approximate surface area is 106 Å². The molecule has 2 N–H and O–H groups in total. The van der Waals surface area contributed by atoms with Gasteiger partial charge in [-0.15, -0.1) is 0 Å². The highest BCUT2D eigenvalue weighted by molar-refractivity contribution is 5.89. The Kier molecular flexibility index (Phi) is 3.21. The summed E-state index contributed by atoms with van der Waals surface area (Å²) in [6.45, 7) is 2.59. The largest absolute Gasteiger partial charge is 0.388 e. The van der Waals surface area contributed by atoms with E-state index < -0.39 is 5.60 Å². The summed E-state index contributed by atoms with van der Waals surface area (Å²) in [7, 11) is 0. The van der Waals surface area contributed by atoms with Gasteiger partial charge in [0, 0.05) is 12.2 Å². The number of carbonyl (C=O) groups excluding carboxylic acids is 1. The van der Waals surface area contributed by atoms with Crippen LogP contribution in [0.5, 0.6) is 0 Å². The fourth-order valence-corrected chi connectivity index (χ4v) is 1.99. The molecule has 1 aromatic carbocycles. The number of nitrogens with zero attached hydrogens (tertiary/aromatic N) is 2. The molecule has 2 amide bonds. The van der Waals surface area contributed by atoms with Crippen molar-refractivity contribution in [3.8, 4) is 6.07 Å². The first-order valence-electron chi connectivity index (χ1n) is 5.79. The Balaban J connectivity index is 2.02. The molecule has 0 aromatic heterocycles. The third kappa shape index (κ3) is 2.79. The van der Waals surface area contributed by atoms with Crippen LogP contribution in [-0.2, 0) is 0 Å². The van der Waals surface area contributed by atoms with Gasteiger partial charge in [0.25, 0.3) is 0 Å². The first-order chi connectivity index (χ1) is 8.50. The van der Waals surface area contributed by atoms with Crippen LogP contribution in [0.1, 0.15) is 18.9 Å². The number of likely N-dealkylation sites (tertiary alicyclic amines) is 1. The third-order valence-corrected chi connectivity index (χ3v) is 2.98. The van der Waals surface area contributed by atoms with E-state index in [9.17, 15) is 9.90 Å². The second kappa shape index (κ2) is 4.67. The predicted octanol–water partition coefficient (Wildman–Crippen LogP) is 1.55. The number of urea groups is 1. The molecule has 1 aliphatic rings. The smallest absolute Gasteiger partial charge is 0.321 e. The van der Waals surface area contributed by atoms with Crippen LogP contribution in [0, 0.1) is 11.3 Å². The van der Waals surface area contributed by atoms with Crippen molar-refractivity contribution in [3.63, 3.8) is 0 Å². The first-order valence-corrected chi connectivity index (χ1v) is 5.79. The van der Waals surface area contributed by atoms with Crippen molar-refractivity contribution >= 4 is 11.7 Å². The standard InChI is InChI=1S/C13H15N3O2/c1-13(18)5-6-16(9-13)12(17)15-11-4-2-3-10(7-11)8-14/h2-4,7,18H,5-6,9H2,1H3,(H,15,17). The molecular weight excluding hydrogens is 230 g/mol. The number of nitriles is 1. The van der Waals surface area contributed by atoms with Gasteiger partial charge >= 0.3 is 6.03 Å². The minimum absolute atomic E-state index is 0.247. The second-order valence-corrected chi connectivity index (χ2v) is 4.79. The van der Waals surface area contributed by atoms with Gasteiger partial charge in [-0.2, -0.15) is 5.26 Å². The number of hydrogen-bond donors (Lipinski definition) is 2. The van der Waals surface area contributed by atoms with Gasteiger partial charge in [0.15, 0.2) is 0 Å². The third-order valence-electron chi connectivity index (χ3n) is 2.98. The molecule has 94 valence electrons. The van der Waals surface area contributed by atoms with Crippen molar-refractivity contribution in [1.29, 1.82) is 5.26 Å². The van der Waals surface area contributed by atoms with Crippen LogP contribution in [0.2, 0.25) is 0 Å². The normalized spacial score (nSPS) is 22.6. The second-order valence-electron chi connectivity index (χ2n) is 4.79. The Morgan fingerprint density at radius 3 is 3.00 bits per heavy atom. The Morgan fingerprint density at radius 1 is 1.61 bits per heavy atom. The average Bonchev–Trinajstić information content (AvgIpc) is 2.70. The van der Waals surface area contributed by atoms with Crippen molar-refractivity contribution in [2.24, 2.45) is 0 Å². The molecule has 1 saturated heterocycles. The molecule has 5 heteroatoms. The Hall–Kier alpha value is -2.06. The number of anilines is 1. The molecule has 1 heterocycles. The molecule has 1 aromatic rings. The number of amides is 2. The highest BCUT2D eigenvalue weighted by Crippen LogP contribution is 2.21. The van der Waals surface area contributed by atoms with E-state index in [0.29, 0.717) is 30.8 Å². The first kappa shape index (κ1) is 12.4. The van der Waals surface area contributed by atoms with Crippen LogP contribution in [0.15, 0.2) is 24.3 Å². The zero-order valence-corrected chi connectivity index (χ0v) is 10.2. The zero-order chi connectivity index (χ0) is 13.2. The van der Waals surface area contributed by atoms with Crippen molar-refractivity contribution in [2.75, 3.05) is 18.4 Å². The lowest BCUT2D eigenvalue weighted by atomic mass is 10.1. The molecule has 0 saturated carbocycles. The van der Waals surface area contributed by atoms with Gasteiger partial charge in [-0.3, -0.25) is 0 Å². The maximum Gasteiger partial charge on any atom is 0.321 e. The average molecular weight is 245 g/mol. The maximum absolute atomic E-state index is 11.9. The zero-order valence-electron chi connectivity index (χ0n) is 10.2. The molecule has 1 aliphatic heterocycles. The number of rotatable bonds is 1. The summed E-state index contributed by atoms with van der Waals surface area (Å²) in [6, 6.07) is 8.51.